The molecule has 0 unspecified atom stereocenters. The van der Waals surface area contributed by atoms with Crippen LogP contribution in [-0.4, -0.2) is 11.9 Å². The van der Waals surface area contributed by atoms with Crippen molar-refractivity contribution in [1.82, 2.24) is 0 Å². The molecule has 0 amide bonds. The summed E-state index contributed by atoms with van der Waals surface area (Å²) in [5.74, 6) is -1.27. The van der Waals surface area contributed by atoms with E-state index >= 15 is 0 Å². The first-order valence-electron chi connectivity index (χ1n) is 3.45. The van der Waals surface area contributed by atoms with Crippen LogP contribution in [-0.2, 0) is 0 Å². The van der Waals surface area contributed by atoms with Crippen LogP contribution in [0.2, 0.25) is 0 Å². The molecular weight excluding hydrogens is 244 g/mol. The number of nitro groups is 1. The van der Waals surface area contributed by atoms with E-state index in [9.17, 15) is 27.5 Å². The number of rotatable bonds is 2. The van der Waals surface area contributed by atoms with Crippen LogP contribution >= 0.6 is 0 Å². The van der Waals surface area contributed by atoms with Crippen molar-refractivity contribution in [3.8, 4) is 0 Å². The normalized spacial score (nSPS) is 10.7. The Bertz CT molecular complexity index is 384. The van der Waals surface area contributed by atoms with Crippen LogP contribution in [0.3, 0.4) is 0 Å². The standard InChI is InChI=1S/C6H3BF4NO2.K/c8-5-1-4(7(9,10)11)2-6(3-5)12(13)14;/h1-3H;/q-1;+1. The molecule has 76 valence electrons. The summed E-state index contributed by atoms with van der Waals surface area (Å²) in [4.78, 5) is 9.04. The Morgan fingerprint density at radius 2 is 1.73 bits per heavy atom. The summed E-state index contributed by atoms with van der Waals surface area (Å²) in [5.41, 5.74) is -2.21. The van der Waals surface area contributed by atoms with Crippen LogP contribution in [0, 0.1) is 15.9 Å². The summed E-state index contributed by atoms with van der Waals surface area (Å²) in [6.07, 6.45) is 0. The van der Waals surface area contributed by atoms with Gasteiger partial charge in [0.2, 0.25) is 0 Å². The summed E-state index contributed by atoms with van der Waals surface area (Å²) in [5, 5.41) is 10.1. The second-order valence-corrected chi connectivity index (χ2v) is 2.57. The van der Waals surface area contributed by atoms with E-state index in [1.54, 1.807) is 0 Å². The van der Waals surface area contributed by atoms with Crippen molar-refractivity contribution in [3.63, 3.8) is 0 Å². The predicted molar refractivity (Wildman–Crippen MR) is 41.8 cm³/mol. The fraction of sp³-hybridized carbons (Fsp3) is 0. The Hall–Kier alpha value is 0.0413. The average Bonchev–Trinajstić information content (AvgIpc) is 2.01. The quantitative estimate of drug-likeness (QED) is 0.285. The molecule has 0 aromatic heterocycles. The zero-order valence-corrected chi connectivity index (χ0v) is 10.7. The minimum Gasteiger partial charge on any atom is -0.445 e. The van der Waals surface area contributed by atoms with Crippen LogP contribution in [0.25, 0.3) is 0 Å². The monoisotopic (exact) mass is 247 g/mol. The minimum absolute atomic E-state index is 0. The second kappa shape index (κ2) is 5.39. The fourth-order valence-electron chi connectivity index (χ4n) is 0.891. The van der Waals surface area contributed by atoms with Crippen LogP contribution in [0.5, 0.6) is 0 Å². The van der Waals surface area contributed by atoms with Crippen molar-refractivity contribution in [2.45, 2.75) is 0 Å². The summed E-state index contributed by atoms with van der Waals surface area (Å²) in [6, 6.07) is 0.974. The van der Waals surface area contributed by atoms with Crippen molar-refractivity contribution in [2.24, 2.45) is 0 Å². The van der Waals surface area contributed by atoms with E-state index in [1.165, 1.54) is 0 Å². The molecule has 0 spiro atoms. The predicted octanol–water partition coefficient (Wildman–Crippen LogP) is -1.21. The molecule has 0 radical (unpaired) electrons. The molecule has 0 atom stereocenters. The van der Waals surface area contributed by atoms with E-state index in [1.807, 2.05) is 0 Å². The molecule has 0 aliphatic heterocycles. The molecule has 0 aliphatic carbocycles. The summed E-state index contributed by atoms with van der Waals surface area (Å²) < 4.78 is 48.8. The van der Waals surface area contributed by atoms with Crippen LogP contribution in [0.1, 0.15) is 0 Å². The Balaban J connectivity index is 0.00000196. The summed E-state index contributed by atoms with van der Waals surface area (Å²) in [6.45, 7) is -5.42. The van der Waals surface area contributed by atoms with Gasteiger partial charge in [0, 0.05) is 0 Å². The fourth-order valence-corrected chi connectivity index (χ4v) is 0.891. The molecule has 0 heterocycles. The zero-order chi connectivity index (χ0) is 10.9. The van der Waals surface area contributed by atoms with Crippen molar-refractivity contribution in [3.05, 3.63) is 34.1 Å². The van der Waals surface area contributed by atoms with E-state index < -0.39 is 28.9 Å². The van der Waals surface area contributed by atoms with E-state index in [4.69, 9.17) is 0 Å². The van der Waals surface area contributed by atoms with Gasteiger partial charge in [-0.15, -0.1) is 0 Å². The number of halogens is 4. The number of nitrogens with zero attached hydrogens (tertiary/aromatic N) is 1. The molecule has 15 heavy (non-hydrogen) atoms. The molecule has 1 aromatic rings. The SMILES string of the molecule is O=[N+]([O-])c1cc(F)cc([B-](F)(F)F)c1.[K+]. The molecular formula is C6H3BF4KNO2. The third-order valence-corrected chi connectivity index (χ3v) is 1.49. The number of hydrogen-bond donors (Lipinski definition) is 0. The van der Waals surface area contributed by atoms with E-state index in [2.05, 4.69) is 0 Å². The molecule has 0 aliphatic rings. The van der Waals surface area contributed by atoms with Crippen molar-refractivity contribution in [2.75, 3.05) is 0 Å². The van der Waals surface area contributed by atoms with Gasteiger partial charge in [-0.2, -0.15) is 0 Å². The van der Waals surface area contributed by atoms with Crippen LogP contribution in [0.4, 0.5) is 23.0 Å². The largest absolute Gasteiger partial charge is 1.00 e. The maximum atomic E-state index is 12.5. The maximum Gasteiger partial charge on any atom is 1.00 e. The van der Waals surface area contributed by atoms with Crippen molar-refractivity contribution in [1.29, 1.82) is 0 Å². The molecule has 0 N–H and O–H groups in total. The van der Waals surface area contributed by atoms with Gasteiger partial charge in [0.05, 0.1) is 11.0 Å². The molecule has 0 saturated carbocycles. The van der Waals surface area contributed by atoms with Gasteiger partial charge in [0.15, 0.2) is 0 Å². The van der Waals surface area contributed by atoms with E-state index in [-0.39, 0.29) is 57.5 Å². The number of benzene rings is 1. The van der Waals surface area contributed by atoms with Gasteiger partial charge in [-0.05, 0) is 6.07 Å². The minimum atomic E-state index is -5.42. The topological polar surface area (TPSA) is 43.1 Å². The molecule has 0 saturated heterocycles. The first kappa shape index (κ1) is 15.0. The van der Waals surface area contributed by atoms with Gasteiger partial charge in [-0.1, -0.05) is 11.5 Å². The Labute approximate surface area is 124 Å². The molecule has 0 bridgehead atoms. The zero-order valence-electron chi connectivity index (χ0n) is 7.58. The van der Waals surface area contributed by atoms with Gasteiger partial charge in [-0.25, -0.2) is 4.39 Å². The van der Waals surface area contributed by atoms with Crippen LogP contribution in [0.15, 0.2) is 18.2 Å². The van der Waals surface area contributed by atoms with Gasteiger partial charge < -0.3 is 12.9 Å². The van der Waals surface area contributed by atoms with Gasteiger partial charge in [0.1, 0.15) is 5.82 Å². The summed E-state index contributed by atoms with van der Waals surface area (Å²) in [7, 11) is 0. The third kappa shape index (κ3) is 4.19. The third-order valence-electron chi connectivity index (χ3n) is 1.49. The first-order chi connectivity index (χ1) is 6.30. The number of hydrogen-bond acceptors (Lipinski definition) is 2. The molecule has 9 heteroatoms. The average molecular weight is 247 g/mol. The smallest absolute Gasteiger partial charge is 0.445 e. The van der Waals surface area contributed by atoms with Crippen molar-refractivity contribution < 1.29 is 73.6 Å². The maximum absolute atomic E-state index is 12.5. The van der Waals surface area contributed by atoms with E-state index in [0.29, 0.717) is 12.1 Å². The molecule has 1 aromatic carbocycles. The number of non-ortho nitro benzene ring substituents is 1. The second-order valence-electron chi connectivity index (χ2n) is 2.57. The molecule has 0 fully saturated rings. The van der Waals surface area contributed by atoms with Crippen LogP contribution < -0.4 is 56.8 Å². The Morgan fingerprint density at radius 3 is 2.13 bits per heavy atom. The van der Waals surface area contributed by atoms with Gasteiger partial charge >= 0.3 is 58.4 Å². The Kier molecular flexibility index (Phi) is 5.41. The molecule has 1 rings (SSSR count). The van der Waals surface area contributed by atoms with E-state index in [0.717, 1.165) is 0 Å². The van der Waals surface area contributed by atoms with Gasteiger partial charge in [-0.3, -0.25) is 10.1 Å². The Morgan fingerprint density at radius 1 is 1.20 bits per heavy atom. The summed E-state index contributed by atoms with van der Waals surface area (Å²) >= 11 is 0. The van der Waals surface area contributed by atoms with Crippen molar-refractivity contribution >= 4 is 18.1 Å². The molecule has 3 nitrogen and oxygen atoms in total. The van der Waals surface area contributed by atoms with Gasteiger partial charge in [0.25, 0.3) is 5.69 Å². The first-order valence-corrected chi connectivity index (χ1v) is 3.45. The number of nitro benzene ring substituents is 1.